The second-order valence-corrected chi connectivity index (χ2v) is 4.68. The Morgan fingerprint density at radius 1 is 1.62 bits per heavy atom. The van der Waals surface area contributed by atoms with Crippen LogP contribution < -0.4 is 10.1 Å². The number of phenols is 1. The van der Waals surface area contributed by atoms with Gasteiger partial charge in [-0.3, -0.25) is 0 Å². The third kappa shape index (κ3) is 1.89. The summed E-state index contributed by atoms with van der Waals surface area (Å²) in [5.74, 6) is -0.598. The molecule has 1 aliphatic heterocycles. The minimum absolute atomic E-state index is 0.0786. The molecule has 16 heavy (non-hydrogen) atoms. The van der Waals surface area contributed by atoms with E-state index in [0.29, 0.717) is 10.0 Å². The van der Waals surface area contributed by atoms with E-state index in [0.717, 1.165) is 19.5 Å². The van der Waals surface area contributed by atoms with Crippen molar-refractivity contribution in [2.45, 2.75) is 12.3 Å². The van der Waals surface area contributed by atoms with Crippen molar-refractivity contribution >= 4 is 15.9 Å². The predicted molar refractivity (Wildman–Crippen MR) is 62.5 cm³/mol. The minimum atomic E-state index is -0.469. The van der Waals surface area contributed by atoms with Crippen molar-refractivity contribution in [2.24, 2.45) is 0 Å². The number of methoxy groups -OCH3 is 1. The molecule has 0 bridgehead atoms. The van der Waals surface area contributed by atoms with E-state index in [1.54, 1.807) is 0 Å². The van der Waals surface area contributed by atoms with Crippen LogP contribution in [-0.2, 0) is 0 Å². The molecule has 0 radical (unpaired) electrons. The summed E-state index contributed by atoms with van der Waals surface area (Å²) in [4.78, 5) is 0. The van der Waals surface area contributed by atoms with E-state index in [-0.39, 0.29) is 17.4 Å². The van der Waals surface area contributed by atoms with Crippen LogP contribution in [0.3, 0.4) is 0 Å². The predicted octanol–water partition coefficient (Wildman–Crippen LogP) is 2.38. The van der Waals surface area contributed by atoms with Gasteiger partial charge in [-0.05, 0) is 19.0 Å². The van der Waals surface area contributed by atoms with Gasteiger partial charge in [0.15, 0.2) is 17.3 Å². The third-order valence-electron chi connectivity index (χ3n) is 2.86. The normalized spacial score (nSPS) is 20.1. The number of hydrogen-bond acceptors (Lipinski definition) is 3. The molecule has 2 rings (SSSR count). The monoisotopic (exact) mass is 289 g/mol. The van der Waals surface area contributed by atoms with E-state index in [9.17, 15) is 9.50 Å². The molecule has 1 saturated heterocycles. The summed E-state index contributed by atoms with van der Waals surface area (Å²) in [5.41, 5.74) is 0.583. The maximum atomic E-state index is 14.1. The second-order valence-electron chi connectivity index (χ2n) is 3.83. The number of ether oxygens (including phenoxy) is 1. The summed E-state index contributed by atoms with van der Waals surface area (Å²) in [6.07, 6.45) is 0.892. The van der Waals surface area contributed by atoms with Crippen LogP contribution in [0.25, 0.3) is 0 Å². The molecule has 0 aromatic heterocycles. The molecule has 1 heterocycles. The van der Waals surface area contributed by atoms with Gasteiger partial charge < -0.3 is 15.2 Å². The van der Waals surface area contributed by atoms with Crippen molar-refractivity contribution in [2.75, 3.05) is 20.2 Å². The lowest BCUT2D eigenvalue weighted by atomic mass is 9.97. The lowest BCUT2D eigenvalue weighted by molar-refractivity contribution is 0.347. The zero-order valence-electron chi connectivity index (χ0n) is 8.89. The first-order valence-corrected chi connectivity index (χ1v) is 5.90. The average Bonchev–Trinajstić information content (AvgIpc) is 2.70. The van der Waals surface area contributed by atoms with Gasteiger partial charge in [-0.1, -0.05) is 15.9 Å². The van der Waals surface area contributed by atoms with Gasteiger partial charge in [0, 0.05) is 22.5 Å². The van der Waals surface area contributed by atoms with Gasteiger partial charge in [0.05, 0.1) is 7.11 Å². The van der Waals surface area contributed by atoms with E-state index in [1.807, 2.05) is 0 Å². The van der Waals surface area contributed by atoms with Crippen LogP contribution in [0.2, 0.25) is 0 Å². The first-order chi connectivity index (χ1) is 7.65. The van der Waals surface area contributed by atoms with Crippen LogP contribution in [0.1, 0.15) is 17.9 Å². The molecule has 1 aliphatic rings. The molecule has 0 amide bonds. The van der Waals surface area contributed by atoms with Gasteiger partial charge in [0.1, 0.15) is 0 Å². The minimum Gasteiger partial charge on any atom is -0.504 e. The van der Waals surface area contributed by atoms with E-state index in [4.69, 9.17) is 4.74 Å². The largest absolute Gasteiger partial charge is 0.504 e. The highest BCUT2D eigenvalue weighted by molar-refractivity contribution is 9.10. The Bertz CT molecular complexity index is 405. The quantitative estimate of drug-likeness (QED) is 0.878. The molecule has 1 aromatic carbocycles. The first kappa shape index (κ1) is 11.7. The standard InChI is InChI=1S/C11H13BrFNO2/c1-16-11-8(15)4-7(12)9(10(11)13)6-2-3-14-5-6/h4,6,14-15H,2-3,5H2,1H3. The zero-order chi connectivity index (χ0) is 11.7. The molecular weight excluding hydrogens is 277 g/mol. The Balaban J connectivity index is 2.50. The summed E-state index contributed by atoms with van der Waals surface area (Å²) >= 11 is 3.29. The lowest BCUT2D eigenvalue weighted by Gasteiger charge is -2.15. The molecule has 1 unspecified atom stereocenters. The fourth-order valence-electron chi connectivity index (χ4n) is 2.07. The fourth-order valence-corrected chi connectivity index (χ4v) is 2.79. The van der Waals surface area contributed by atoms with Gasteiger partial charge in [0.25, 0.3) is 0 Å². The van der Waals surface area contributed by atoms with Gasteiger partial charge in [-0.25, -0.2) is 4.39 Å². The molecule has 3 nitrogen and oxygen atoms in total. The van der Waals surface area contributed by atoms with Crippen LogP contribution in [0.5, 0.6) is 11.5 Å². The zero-order valence-corrected chi connectivity index (χ0v) is 10.5. The molecule has 0 saturated carbocycles. The number of aromatic hydroxyl groups is 1. The van der Waals surface area contributed by atoms with E-state index in [2.05, 4.69) is 21.2 Å². The topological polar surface area (TPSA) is 41.5 Å². The van der Waals surface area contributed by atoms with Crippen LogP contribution in [-0.4, -0.2) is 25.3 Å². The van der Waals surface area contributed by atoms with Gasteiger partial charge in [0.2, 0.25) is 0 Å². The number of rotatable bonds is 2. The van der Waals surface area contributed by atoms with Crippen molar-refractivity contribution < 1.29 is 14.2 Å². The van der Waals surface area contributed by atoms with Crippen LogP contribution >= 0.6 is 15.9 Å². The Kier molecular flexibility index (Phi) is 3.35. The summed E-state index contributed by atoms with van der Waals surface area (Å²) in [5, 5.41) is 12.7. The summed E-state index contributed by atoms with van der Waals surface area (Å²) in [7, 11) is 1.35. The molecule has 2 N–H and O–H groups in total. The molecule has 0 aliphatic carbocycles. The average molecular weight is 290 g/mol. The van der Waals surface area contributed by atoms with Crippen molar-refractivity contribution in [3.05, 3.63) is 21.9 Å². The molecule has 1 aromatic rings. The lowest BCUT2D eigenvalue weighted by Crippen LogP contribution is -2.10. The highest BCUT2D eigenvalue weighted by Crippen LogP contribution is 2.40. The SMILES string of the molecule is COc1c(O)cc(Br)c(C2CCNC2)c1F. The Hall–Kier alpha value is -0.810. The van der Waals surface area contributed by atoms with Crippen LogP contribution in [0.15, 0.2) is 10.5 Å². The van der Waals surface area contributed by atoms with Crippen molar-refractivity contribution in [3.8, 4) is 11.5 Å². The van der Waals surface area contributed by atoms with Crippen LogP contribution in [0, 0.1) is 5.82 Å². The molecule has 5 heteroatoms. The number of phenolic OH excluding ortho intramolecular Hbond substituents is 1. The van der Waals surface area contributed by atoms with Crippen molar-refractivity contribution in [1.82, 2.24) is 5.32 Å². The number of halogens is 2. The summed E-state index contributed by atoms with van der Waals surface area (Å²) < 4.78 is 19.6. The number of hydrogen-bond donors (Lipinski definition) is 2. The van der Waals surface area contributed by atoms with Crippen molar-refractivity contribution in [1.29, 1.82) is 0 Å². The fraction of sp³-hybridized carbons (Fsp3) is 0.455. The number of nitrogens with one attached hydrogen (secondary N) is 1. The molecule has 1 fully saturated rings. The smallest absolute Gasteiger partial charge is 0.196 e. The Morgan fingerprint density at radius 2 is 2.38 bits per heavy atom. The molecule has 1 atom stereocenters. The maximum absolute atomic E-state index is 14.1. The van der Waals surface area contributed by atoms with Gasteiger partial charge in [-0.2, -0.15) is 0 Å². The third-order valence-corrected chi connectivity index (χ3v) is 3.52. The molecule has 88 valence electrons. The van der Waals surface area contributed by atoms with E-state index < -0.39 is 5.82 Å². The summed E-state index contributed by atoms with van der Waals surface area (Å²) in [6.45, 7) is 1.64. The highest BCUT2D eigenvalue weighted by atomic mass is 79.9. The van der Waals surface area contributed by atoms with Crippen molar-refractivity contribution in [3.63, 3.8) is 0 Å². The van der Waals surface area contributed by atoms with Gasteiger partial charge in [-0.15, -0.1) is 0 Å². The highest BCUT2D eigenvalue weighted by Gasteiger charge is 2.26. The number of benzene rings is 1. The molecular formula is C11H13BrFNO2. The first-order valence-electron chi connectivity index (χ1n) is 5.10. The van der Waals surface area contributed by atoms with E-state index in [1.165, 1.54) is 13.2 Å². The molecule has 0 spiro atoms. The Labute approximate surface area is 102 Å². The summed E-state index contributed by atoms with van der Waals surface area (Å²) in [6, 6.07) is 1.48. The van der Waals surface area contributed by atoms with E-state index >= 15 is 0 Å². The maximum Gasteiger partial charge on any atom is 0.196 e. The second kappa shape index (κ2) is 4.59. The van der Waals surface area contributed by atoms with Crippen LogP contribution in [0.4, 0.5) is 4.39 Å². The van der Waals surface area contributed by atoms with Gasteiger partial charge >= 0.3 is 0 Å². The Morgan fingerprint density at radius 3 is 2.94 bits per heavy atom.